The third-order valence-corrected chi connectivity index (χ3v) is 5.23. The molecule has 180 valence electrons. The van der Waals surface area contributed by atoms with E-state index in [1.807, 2.05) is 56.3 Å². The standard InChI is InChI=1S/C25H23N9O2/c1-16(18-5-9-26-10-6-18)31-33-23-14-24(34-32-17(2)19-7-11-27-12-8-19)30-25(29-23)28-20-3-4-21-22(13-20)36-15-35-21/h3-14H,15H2,1-2H3,(H3,28,29,30,33,34). The molecule has 0 atom stereocenters. The van der Waals surface area contributed by atoms with Crippen LogP contribution in [0.5, 0.6) is 11.5 Å². The molecule has 11 heteroatoms. The molecule has 3 N–H and O–H groups in total. The number of rotatable bonds is 8. The van der Waals surface area contributed by atoms with Gasteiger partial charge >= 0.3 is 0 Å². The normalized spacial score (nSPS) is 12.8. The fraction of sp³-hybridized carbons (Fsp3) is 0.120. The van der Waals surface area contributed by atoms with Crippen LogP contribution < -0.4 is 25.6 Å². The topological polar surface area (TPSA) is 131 Å². The molecule has 1 aliphatic heterocycles. The molecule has 3 aromatic heterocycles. The zero-order chi connectivity index (χ0) is 24.7. The number of hydrazone groups is 2. The van der Waals surface area contributed by atoms with Crippen LogP contribution in [0.4, 0.5) is 23.3 Å². The van der Waals surface area contributed by atoms with Gasteiger partial charge in [0.05, 0.1) is 11.4 Å². The van der Waals surface area contributed by atoms with Crippen LogP contribution in [0.2, 0.25) is 0 Å². The average Bonchev–Trinajstić information content (AvgIpc) is 3.39. The Morgan fingerprint density at radius 3 is 1.86 bits per heavy atom. The molecule has 4 aromatic rings. The van der Waals surface area contributed by atoms with Crippen molar-refractivity contribution in [3.05, 3.63) is 84.4 Å². The SMILES string of the molecule is CC(=NNc1cc(NN=C(C)c2ccncc2)nc(Nc2ccc3c(c2)OCO3)n1)c1ccncc1. The van der Waals surface area contributed by atoms with E-state index in [1.54, 1.807) is 30.9 Å². The van der Waals surface area contributed by atoms with Crippen LogP contribution in [0.25, 0.3) is 0 Å². The van der Waals surface area contributed by atoms with E-state index in [2.05, 4.69) is 46.3 Å². The minimum Gasteiger partial charge on any atom is -0.454 e. The molecule has 0 amide bonds. The smallest absolute Gasteiger partial charge is 0.231 e. The van der Waals surface area contributed by atoms with E-state index in [0.29, 0.717) is 29.1 Å². The van der Waals surface area contributed by atoms with Gasteiger partial charge in [0.15, 0.2) is 23.1 Å². The minimum absolute atomic E-state index is 0.201. The Bertz CT molecular complexity index is 1330. The molecular formula is C25H23N9O2. The summed E-state index contributed by atoms with van der Waals surface area (Å²) in [6, 6.07) is 14.8. The third kappa shape index (κ3) is 5.53. The Hall–Kier alpha value is -5.06. The second-order valence-corrected chi connectivity index (χ2v) is 7.74. The van der Waals surface area contributed by atoms with Crippen LogP contribution >= 0.6 is 0 Å². The number of aromatic nitrogens is 4. The Balaban J connectivity index is 1.41. The van der Waals surface area contributed by atoms with Crippen molar-refractivity contribution >= 4 is 34.7 Å². The molecule has 0 aliphatic carbocycles. The Morgan fingerprint density at radius 1 is 0.722 bits per heavy atom. The third-order valence-electron chi connectivity index (χ3n) is 5.23. The van der Waals surface area contributed by atoms with Crippen LogP contribution in [0.15, 0.2) is 83.5 Å². The summed E-state index contributed by atoms with van der Waals surface area (Å²) in [7, 11) is 0. The summed E-state index contributed by atoms with van der Waals surface area (Å²) in [6.07, 6.45) is 6.88. The number of ether oxygens (including phenoxy) is 2. The van der Waals surface area contributed by atoms with Gasteiger partial charge in [0.1, 0.15) is 0 Å². The number of pyridine rings is 2. The first-order chi connectivity index (χ1) is 17.6. The van der Waals surface area contributed by atoms with Crippen LogP contribution in [0, 0.1) is 0 Å². The quantitative estimate of drug-likeness (QED) is 0.247. The molecule has 4 heterocycles. The summed E-state index contributed by atoms with van der Waals surface area (Å²) in [6.45, 7) is 4.00. The van der Waals surface area contributed by atoms with E-state index in [-0.39, 0.29) is 6.79 Å². The zero-order valence-electron chi connectivity index (χ0n) is 19.6. The molecule has 0 saturated carbocycles. The summed E-state index contributed by atoms with van der Waals surface area (Å²) < 4.78 is 10.9. The van der Waals surface area contributed by atoms with Gasteiger partial charge in [0.2, 0.25) is 12.7 Å². The Kier molecular flexibility index (Phi) is 6.61. The molecule has 0 unspecified atom stereocenters. The summed E-state index contributed by atoms with van der Waals surface area (Å²) >= 11 is 0. The summed E-state index contributed by atoms with van der Waals surface area (Å²) in [5.74, 6) is 2.64. The van der Waals surface area contributed by atoms with Crippen molar-refractivity contribution in [2.24, 2.45) is 10.2 Å². The molecular weight excluding hydrogens is 458 g/mol. The van der Waals surface area contributed by atoms with Crippen LogP contribution in [-0.4, -0.2) is 38.2 Å². The molecule has 0 spiro atoms. The molecule has 0 radical (unpaired) electrons. The van der Waals surface area contributed by atoms with Gasteiger partial charge in [0.25, 0.3) is 0 Å². The second-order valence-electron chi connectivity index (χ2n) is 7.74. The lowest BCUT2D eigenvalue weighted by atomic mass is 10.2. The maximum atomic E-state index is 5.47. The summed E-state index contributed by atoms with van der Waals surface area (Å²) in [5.41, 5.74) is 10.2. The van der Waals surface area contributed by atoms with Gasteiger partial charge in [-0.15, -0.1) is 0 Å². The number of benzene rings is 1. The number of hydrogen-bond acceptors (Lipinski definition) is 11. The molecule has 0 fully saturated rings. The highest BCUT2D eigenvalue weighted by atomic mass is 16.7. The maximum Gasteiger partial charge on any atom is 0.231 e. The second kappa shape index (κ2) is 10.5. The van der Waals surface area contributed by atoms with Crippen molar-refractivity contribution < 1.29 is 9.47 Å². The van der Waals surface area contributed by atoms with Gasteiger partial charge in [-0.3, -0.25) is 20.8 Å². The number of fused-ring (bicyclic) bond motifs is 1. The molecule has 36 heavy (non-hydrogen) atoms. The van der Waals surface area contributed by atoms with Crippen LogP contribution in [-0.2, 0) is 0 Å². The van der Waals surface area contributed by atoms with E-state index < -0.39 is 0 Å². The van der Waals surface area contributed by atoms with Gasteiger partial charge in [-0.2, -0.15) is 20.2 Å². The van der Waals surface area contributed by atoms with Gasteiger partial charge in [-0.1, -0.05) is 0 Å². The largest absolute Gasteiger partial charge is 0.454 e. The van der Waals surface area contributed by atoms with Crippen molar-refractivity contribution in [3.8, 4) is 11.5 Å². The highest BCUT2D eigenvalue weighted by molar-refractivity contribution is 5.99. The predicted molar refractivity (Wildman–Crippen MR) is 138 cm³/mol. The van der Waals surface area contributed by atoms with Crippen molar-refractivity contribution in [1.29, 1.82) is 0 Å². The van der Waals surface area contributed by atoms with Crippen molar-refractivity contribution in [3.63, 3.8) is 0 Å². The van der Waals surface area contributed by atoms with Crippen LogP contribution in [0.3, 0.4) is 0 Å². The van der Waals surface area contributed by atoms with Crippen molar-refractivity contribution in [2.75, 3.05) is 23.0 Å². The predicted octanol–water partition coefficient (Wildman–Crippen LogP) is 4.41. The molecule has 0 saturated heterocycles. The molecule has 1 aliphatic rings. The lowest BCUT2D eigenvalue weighted by Gasteiger charge is -2.11. The molecule has 1 aromatic carbocycles. The van der Waals surface area contributed by atoms with Crippen LogP contribution in [0.1, 0.15) is 25.0 Å². The number of anilines is 4. The first-order valence-corrected chi connectivity index (χ1v) is 11.1. The van der Waals surface area contributed by atoms with Gasteiger partial charge < -0.3 is 14.8 Å². The Morgan fingerprint density at radius 2 is 1.28 bits per heavy atom. The first-order valence-electron chi connectivity index (χ1n) is 11.1. The Labute approximate surface area is 207 Å². The van der Waals surface area contributed by atoms with Crippen molar-refractivity contribution in [2.45, 2.75) is 13.8 Å². The number of hydrogen-bond donors (Lipinski definition) is 3. The highest BCUT2D eigenvalue weighted by Gasteiger charge is 2.14. The number of nitrogens with zero attached hydrogens (tertiary/aromatic N) is 6. The van der Waals surface area contributed by atoms with E-state index in [1.165, 1.54) is 0 Å². The minimum atomic E-state index is 0.201. The highest BCUT2D eigenvalue weighted by Crippen LogP contribution is 2.35. The van der Waals surface area contributed by atoms with Gasteiger partial charge in [0, 0.05) is 53.7 Å². The van der Waals surface area contributed by atoms with Gasteiger partial charge in [-0.05, 0) is 50.2 Å². The maximum absolute atomic E-state index is 5.47. The van der Waals surface area contributed by atoms with E-state index >= 15 is 0 Å². The lowest BCUT2D eigenvalue weighted by molar-refractivity contribution is 0.174. The van der Waals surface area contributed by atoms with E-state index in [4.69, 9.17) is 9.47 Å². The van der Waals surface area contributed by atoms with E-state index in [9.17, 15) is 0 Å². The molecule has 5 rings (SSSR count). The van der Waals surface area contributed by atoms with Gasteiger partial charge in [-0.25, -0.2) is 0 Å². The average molecular weight is 482 g/mol. The summed E-state index contributed by atoms with van der Waals surface area (Å²) in [5, 5.41) is 12.1. The molecule has 11 nitrogen and oxygen atoms in total. The fourth-order valence-electron chi connectivity index (χ4n) is 3.32. The lowest BCUT2D eigenvalue weighted by Crippen LogP contribution is -2.06. The monoisotopic (exact) mass is 481 g/mol. The van der Waals surface area contributed by atoms with E-state index in [0.717, 1.165) is 28.2 Å². The van der Waals surface area contributed by atoms with Crippen molar-refractivity contribution in [1.82, 2.24) is 19.9 Å². The first kappa shape index (κ1) is 22.7. The fourth-order valence-corrected chi connectivity index (χ4v) is 3.32. The molecule has 0 bridgehead atoms. The number of nitrogens with one attached hydrogen (secondary N) is 3. The summed E-state index contributed by atoms with van der Waals surface area (Å²) in [4.78, 5) is 17.2. The zero-order valence-corrected chi connectivity index (χ0v) is 19.6.